The molecule has 6 heteroatoms. The van der Waals surface area contributed by atoms with Crippen molar-refractivity contribution in [3.63, 3.8) is 0 Å². The van der Waals surface area contributed by atoms with Crippen molar-refractivity contribution in [2.45, 2.75) is 0 Å². The standard InChI is InChI=1S/C14H12N4O2/c15-18-11-4-2-10(3-5-11)17-14(19)9-1-6-13-12(7-9)16-8-20-13/h1-8,18H,15H2,(H,17,19). The van der Waals surface area contributed by atoms with E-state index in [1.54, 1.807) is 42.5 Å². The number of benzene rings is 2. The van der Waals surface area contributed by atoms with Gasteiger partial charge in [-0.05, 0) is 42.5 Å². The Morgan fingerprint density at radius 3 is 2.60 bits per heavy atom. The van der Waals surface area contributed by atoms with Gasteiger partial charge in [0.1, 0.15) is 5.52 Å². The smallest absolute Gasteiger partial charge is 0.255 e. The van der Waals surface area contributed by atoms with E-state index in [-0.39, 0.29) is 5.91 Å². The van der Waals surface area contributed by atoms with Gasteiger partial charge in [0.2, 0.25) is 0 Å². The highest BCUT2D eigenvalue weighted by Crippen LogP contribution is 2.17. The van der Waals surface area contributed by atoms with Crippen molar-refractivity contribution in [2.75, 3.05) is 10.7 Å². The summed E-state index contributed by atoms with van der Waals surface area (Å²) in [5.74, 6) is 5.08. The first-order valence-corrected chi connectivity index (χ1v) is 5.97. The molecule has 0 aliphatic carbocycles. The summed E-state index contributed by atoms with van der Waals surface area (Å²) in [7, 11) is 0. The van der Waals surface area contributed by atoms with Crippen LogP contribution in [0.15, 0.2) is 53.3 Å². The summed E-state index contributed by atoms with van der Waals surface area (Å²) in [5, 5.41) is 2.80. The molecule has 0 unspecified atom stereocenters. The van der Waals surface area contributed by atoms with Gasteiger partial charge in [-0.3, -0.25) is 10.6 Å². The van der Waals surface area contributed by atoms with Crippen molar-refractivity contribution in [3.8, 4) is 0 Å². The number of rotatable bonds is 3. The molecule has 1 heterocycles. The molecular formula is C14H12N4O2. The fourth-order valence-electron chi connectivity index (χ4n) is 1.85. The predicted molar refractivity (Wildman–Crippen MR) is 76.2 cm³/mol. The molecule has 0 spiro atoms. The molecule has 6 nitrogen and oxygen atoms in total. The predicted octanol–water partition coefficient (Wildman–Crippen LogP) is 2.37. The Hall–Kier alpha value is -2.86. The van der Waals surface area contributed by atoms with Crippen LogP contribution in [-0.2, 0) is 0 Å². The molecule has 0 atom stereocenters. The maximum absolute atomic E-state index is 12.1. The highest BCUT2D eigenvalue weighted by Gasteiger charge is 2.08. The second-order valence-corrected chi connectivity index (χ2v) is 4.21. The van der Waals surface area contributed by atoms with Crippen molar-refractivity contribution in [3.05, 3.63) is 54.4 Å². The summed E-state index contributed by atoms with van der Waals surface area (Å²) < 4.78 is 5.13. The summed E-state index contributed by atoms with van der Waals surface area (Å²) in [4.78, 5) is 16.1. The van der Waals surface area contributed by atoms with Crippen molar-refractivity contribution >= 4 is 28.4 Å². The number of nitrogens with one attached hydrogen (secondary N) is 2. The monoisotopic (exact) mass is 268 g/mol. The Kier molecular flexibility index (Phi) is 3.06. The summed E-state index contributed by atoms with van der Waals surface area (Å²) in [6.45, 7) is 0. The summed E-state index contributed by atoms with van der Waals surface area (Å²) in [6.07, 6.45) is 1.35. The average Bonchev–Trinajstić information content (AvgIpc) is 2.95. The van der Waals surface area contributed by atoms with Crippen LogP contribution in [-0.4, -0.2) is 10.9 Å². The Balaban J connectivity index is 1.80. The van der Waals surface area contributed by atoms with Gasteiger partial charge in [0.05, 0.1) is 0 Å². The molecule has 1 amide bonds. The number of nitrogens with two attached hydrogens (primary N) is 1. The first kappa shape index (κ1) is 12.2. The Labute approximate surface area is 114 Å². The van der Waals surface area contributed by atoms with Crippen molar-refractivity contribution in [1.29, 1.82) is 0 Å². The number of fused-ring (bicyclic) bond motifs is 1. The molecule has 100 valence electrons. The topological polar surface area (TPSA) is 93.2 Å². The zero-order valence-corrected chi connectivity index (χ0v) is 10.5. The molecule has 0 radical (unpaired) electrons. The lowest BCUT2D eigenvalue weighted by molar-refractivity contribution is 0.102. The van der Waals surface area contributed by atoms with Gasteiger partial charge in [0.25, 0.3) is 5.91 Å². The maximum atomic E-state index is 12.1. The van der Waals surface area contributed by atoms with Crippen LogP contribution >= 0.6 is 0 Å². The van der Waals surface area contributed by atoms with Gasteiger partial charge >= 0.3 is 0 Å². The first-order valence-electron chi connectivity index (χ1n) is 5.97. The minimum atomic E-state index is -0.205. The molecule has 2 aromatic carbocycles. The number of aromatic nitrogens is 1. The van der Waals surface area contributed by atoms with Crippen LogP contribution in [0.2, 0.25) is 0 Å². The number of carbonyl (C=O) groups excluding carboxylic acids is 1. The van der Waals surface area contributed by atoms with Gasteiger partial charge in [-0.1, -0.05) is 0 Å². The van der Waals surface area contributed by atoms with Gasteiger partial charge in [-0.25, -0.2) is 4.98 Å². The van der Waals surface area contributed by atoms with Crippen molar-refractivity contribution in [1.82, 2.24) is 4.98 Å². The van der Waals surface area contributed by atoms with E-state index >= 15 is 0 Å². The fourth-order valence-corrected chi connectivity index (χ4v) is 1.85. The largest absolute Gasteiger partial charge is 0.443 e. The third kappa shape index (κ3) is 2.32. The highest BCUT2D eigenvalue weighted by atomic mass is 16.3. The molecule has 0 bridgehead atoms. The average molecular weight is 268 g/mol. The molecule has 20 heavy (non-hydrogen) atoms. The first-order chi connectivity index (χ1) is 9.76. The van der Waals surface area contributed by atoms with Crippen LogP contribution < -0.4 is 16.6 Å². The normalized spacial score (nSPS) is 10.4. The lowest BCUT2D eigenvalue weighted by Gasteiger charge is -2.06. The molecule has 0 saturated carbocycles. The second-order valence-electron chi connectivity index (χ2n) is 4.21. The maximum Gasteiger partial charge on any atom is 0.255 e. The van der Waals surface area contributed by atoms with E-state index in [1.807, 2.05) is 0 Å². The van der Waals surface area contributed by atoms with E-state index in [9.17, 15) is 4.79 Å². The summed E-state index contributed by atoms with van der Waals surface area (Å²) in [6, 6.07) is 12.2. The number of oxazole rings is 1. The van der Waals surface area contributed by atoms with Gasteiger partial charge in [-0.2, -0.15) is 0 Å². The molecule has 0 fully saturated rings. The van der Waals surface area contributed by atoms with Crippen LogP contribution in [0, 0.1) is 0 Å². The van der Waals surface area contributed by atoms with E-state index in [0.717, 1.165) is 5.69 Å². The van der Waals surface area contributed by atoms with E-state index in [0.29, 0.717) is 22.4 Å². The number of anilines is 2. The zero-order chi connectivity index (χ0) is 13.9. The summed E-state index contributed by atoms with van der Waals surface area (Å²) in [5.41, 5.74) is 5.81. The van der Waals surface area contributed by atoms with E-state index in [1.165, 1.54) is 6.39 Å². The molecule has 3 rings (SSSR count). The molecule has 0 saturated heterocycles. The van der Waals surface area contributed by atoms with E-state index in [4.69, 9.17) is 10.3 Å². The number of amides is 1. The quantitative estimate of drug-likeness (QED) is 0.501. The SMILES string of the molecule is NNc1ccc(NC(=O)c2ccc3ocnc3c2)cc1. The van der Waals surface area contributed by atoms with Gasteiger partial charge < -0.3 is 15.2 Å². The molecule has 0 aliphatic rings. The van der Waals surface area contributed by atoms with Crippen LogP contribution in [0.5, 0.6) is 0 Å². The number of nitrogens with zero attached hydrogens (tertiary/aromatic N) is 1. The third-order valence-corrected chi connectivity index (χ3v) is 2.90. The van der Waals surface area contributed by atoms with Crippen molar-refractivity contribution < 1.29 is 9.21 Å². The molecule has 3 aromatic rings. The van der Waals surface area contributed by atoms with Crippen molar-refractivity contribution in [2.24, 2.45) is 5.84 Å². The fraction of sp³-hybridized carbons (Fsp3) is 0. The van der Waals surface area contributed by atoms with Gasteiger partial charge in [-0.15, -0.1) is 0 Å². The lowest BCUT2D eigenvalue weighted by Crippen LogP contribution is -2.12. The van der Waals surface area contributed by atoms with Crippen LogP contribution in [0.4, 0.5) is 11.4 Å². The van der Waals surface area contributed by atoms with Crippen LogP contribution in [0.3, 0.4) is 0 Å². The highest BCUT2D eigenvalue weighted by molar-refractivity contribution is 6.05. The molecule has 0 aliphatic heterocycles. The Morgan fingerprint density at radius 1 is 1.10 bits per heavy atom. The third-order valence-electron chi connectivity index (χ3n) is 2.90. The lowest BCUT2D eigenvalue weighted by atomic mass is 10.2. The van der Waals surface area contributed by atoms with E-state index in [2.05, 4.69) is 15.7 Å². The minimum Gasteiger partial charge on any atom is -0.443 e. The Bertz CT molecular complexity index is 749. The van der Waals surface area contributed by atoms with Gasteiger partial charge in [0.15, 0.2) is 12.0 Å². The molecular weight excluding hydrogens is 256 g/mol. The van der Waals surface area contributed by atoms with Gasteiger partial charge in [0, 0.05) is 16.9 Å². The number of hydrazine groups is 1. The zero-order valence-electron chi connectivity index (χ0n) is 10.5. The number of hydrogen-bond donors (Lipinski definition) is 3. The van der Waals surface area contributed by atoms with E-state index < -0.39 is 0 Å². The second kappa shape index (κ2) is 5.02. The molecule has 1 aromatic heterocycles. The van der Waals surface area contributed by atoms with Crippen LogP contribution in [0.1, 0.15) is 10.4 Å². The minimum absolute atomic E-state index is 0.205. The van der Waals surface area contributed by atoms with Crippen LogP contribution in [0.25, 0.3) is 11.1 Å². The molecule has 4 N–H and O–H groups in total. The number of hydrogen-bond acceptors (Lipinski definition) is 5. The Morgan fingerprint density at radius 2 is 1.85 bits per heavy atom. The summed E-state index contributed by atoms with van der Waals surface area (Å²) >= 11 is 0. The number of nitrogen functional groups attached to an aromatic ring is 1. The number of carbonyl (C=O) groups is 1.